The van der Waals surface area contributed by atoms with Crippen molar-refractivity contribution >= 4 is 27.6 Å². The topological polar surface area (TPSA) is 83.5 Å². The van der Waals surface area contributed by atoms with Crippen LogP contribution in [0, 0.1) is 0 Å². The molecule has 0 aliphatic heterocycles. The highest BCUT2D eigenvalue weighted by molar-refractivity contribution is 7.89. The van der Waals surface area contributed by atoms with Gasteiger partial charge in [0.15, 0.2) is 0 Å². The molecule has 0 saturated carbocycles. The summed E-state index contributed by atoms with van der Waals surface area (Å²) in [6, 6.07) is 13.6. The van der Waals surface area contributed by atoms with Gasteiger partial charge in [-0.3, -0.25) is 4.79 Å². The molecule has 0 spiro atoms. The molecular formula is C22H28ClNO4S. The molecule has 0 radical (unpaired) electrons. The van der Waals surface area contributed by atoms with Crippen molar-refractivity contribution in [1.82, 2.24) is 4.72 Å². The van der Waals surface area contributed by atoms with Crippen LogP contribution < -0.4 is 4.72 Å². The van der Waals surface area contributed by atoms with E-state index >= 15 is 0 Å². The zero-order valence-electron chi connectivity index (χ0n) is 16.6. The summed E-state index contributed by atoms with van der Waals surface area (Å²) in [7, 11) is -3.70. The van der Waals surface area contributed by atoms with Crippen LogP contribution in [0.5, 0.6) is 0 Å². The Bertz CT molecular complexity index is 897. The van der Waals surface area contributed by atoms with Crippen LogP contribution in [-0.4, -0.2) is 19.5 Å². The fourth-order valence-electron chi connectivity index (χ4n) is 3.14. The van der Waals surface area contributed by atoms with E-state index in [0.717, 1.165) is 30.4 Å². The minimum Gasteiger partial charge on any atom is -0.481 e. The van der Waals surface area contributed by atoms with Gasteiger partial charge in [0.1, 0.15) is 0 Å². The van der Waals surface area contributed by atoms with Crippen LogP contribution in [-0.2, 0) is 21.2 Å². The molecule has 0 amide bonds. The second-order valence-electron chi connectivity index (χ2n) is 7.12. The molecule has 0 fully saturated rings. The minimum atomic E-state index is -3.70. The first kappa shape index (κ1) is 23.4. The molecule has 158 valence electrons. The van der Waals surface area contributed by atoms with Crippen LogP contribution in [0.25, 0.3) is 0 Å². The van der Waals surface area contributed by atoms with Crippen molar-refractivity contribution in [2.75, 3.05) is 0 Å². The molecule has 0 bridgehead atoms. The molecule has 2 N–H and O–H groups in total. The maximum absolute atomic E-state index is 12.8. The third-order valence-electron chi connectivity index (χ3n) is 4.74. The monoisotopic (exact) mass is 437 g/mol. The van der Waals surface area contributed by atoms with Gasteiger partial charge in [0.2, 0.25) is 10.0 Å². The number of sulfonamides is 1. The summed E-state index contributed by atoms with van der Waals surface area (Å²) in [5, 5.41) is 9.13. The van der Waals surface area contributed by atoms with Crippen LogP contribution in [0.2, 0.25) is 5.02 Å². The Morgan fingerprint density at radius 1 is 1.10 bits per heavy atom. The van der Waals surface area contributed by atoms with Crippen molar-refractivity contribution in [3.8, 4) is 0 Å². The second-order valence-corrected chi connectivity index (χ2v) is 9.27. The van der Waals surface area contributed by atoms with E-state index in [9.17, 15) is 13.2 Å². The van der Waals surface area contributed by atoms with Crippen molar-refractivity contribution in [3.63, 3.8) is 0 Å². The van der Waals surface area contributed by atoms with E-state index in [4.69, 9.17) is 16.7 Å². The molecule has 0 aromatic heterocycles. The highest BCUT2D eigenvalue weighted by Crippen LogP contribution is 2.25. The normalized spacial score (nSPS) is 12.6. The lowest BCUT2D eigenvalue weighted by Crippen LogP contribution is -2.28. The molecule has 0 aliphatic carbocycles. The third-order valence-corrected chi connectivity index (χ3v) is 6.44. The molecule has 5 nitrogen and oxygen atoms in total. The Morgan fingerprint density at radius 2 is 1.83 bits per heavy atom. The predicted octanol–water partition coefficient (Wildman–Crippen LogP) is 5.35. The van der Waals surface area contributed by atoms with Crippen LogP contribution >= 0.6 is 11.6 Å². The summed E-state index contributed by atoms with van der Waals surface area (Å²) < 4.78 is 28.5. The van der Waals surface area contributed by atoms with E-state index in [1.165, 1.54) is 12.1 Å². The van der Waals surface area contributed by atoms with Gasteiger partial charge in [0, 0.05) is 17.5 Å². The largest absolute Gasteiger partial charge is 0.481 e. The third kappa shape index (κ3) is 7.80. The number of carbonyl (C=O) groups is 1. The van der Waals surface area contributed by atoms with Gasteiger partial charge in [-0.1, -0.05) is 68.1 Å². The standard InChI is InChI=1S/C22H28ClNO4S/c1-2-3-4-10-21(24-29(27,28)20-9-6-8-19(23)16-20)18-14-12-17(13-15-18)7-5-11-22(25)26/h6,8-9,12-16,21,24H,2-5,7,10-11H2,1H3,(H,25,26). The summed E-state index contributed by atoms with van der Waals surface area (Å²) in [5.41, 5.74) is 1.94. The molecule has 2 rings (SSSR count). The van der Waals surface area contributed by atoms with Gasteiger partial charge >= 0.3 is 5.97 Å². The number of benzene rings is 2. The average molecular weight is 438 g/mol. The number of nitrogens with one attached hydrogen (secondary N) is 1. The number of rotatable bonds is 12. The van der Waals surface area contributed by atoms with Gasteiger partial charge in [-0.2, -0.15) is 0 Å². The highest BCUT2D eigenvalue weighted by Gasteiger charge is 2.21. The van der Waals surface area contributed by atoms with E-state index in [-0.39, 0.29) is 17.4 Å². The van der Waals surface area contributed by atoms with E-state index in [1.807, 2.05) is 24.3 Å². The Kier molecular flexibility index (Phi) is 9.14. The first-order valence-corrected chi connectivity index (χ1v) is 11.8. The van der Waals surface area contributed by atoms with E-state index < -0.39 is 16.0 Å². The predicted molar refractivity (Wildman–Crippen MR) is 116 cm³/mol. The number of carboxylic acid groups (broad SMARTS) is 1. The molecule has 0 heterocycles. The first-order valence-electron chi connectivity index (χ1n) is 9.90. The molecule has 0 saturated heterocycles. The molecular weight excluding hydrogens is 410 g/mol. The van der Waals surface area contributed by atoms with Crippen LogP contribution in [0.3, 0.4) is 0 Å². The zero-order valence-corrected chi connectivity index (χ0v) is 18.2. The van der Waals surface area contributed by atoms with Crippen LogP contribution in [0.4, 0.5) is 0 Å². The molecule has 7 heteroatoms. The Morgan fingerprint density at radius 3 is 2.45 bits per heavy atom. The van der Waals surface area contributed by atoms with Gasteiger partial charge in [-0.25, -0.2) is 13.1 Å². The fourth-order valence-corrected chi connectivity index (χ4v) is 4.70. The fraction of sp³-hybridized carbons (Fsp3) is 0.409. The van der Waals surface area contributed by atoms with Crippen LogP contribution in [0.15, 0.2) is 53.4 Å². The number of carboxylic acids is 1. The zero-order chi connectivity index (χ0) is 21.3. The molecule has 1 unspecified atom stereocenters. The number of hydrogen-bond donors (Lipinski definition) is 2. The SMILES string of the molecule is CCCCCC(NS(=O)(=O)c1cccc(Cl)c1)c1ccc(CCCC(=O)O)cc1. The van der Waals surface area contributed by atoms with Crippen molar-refractivity contribution in [2.24, 2.45) is 0 Å². The maximum atomic E-state index is 12.8. The van der Waals surface area contributed by atoms with Crippen molar-refractivity contribution < 1.29 is 18.3 Å². The molecule has 1 atom stereocenters. The van der Waals surface area contributed by atoms with E-state index in [2.05, 4.69) is 11.6 Å². The highest BCUT2D eigenvalue weighted by atomic mass is 35.5. The first-order chi connectivity index (χ1) is 13.8. The minimum absolute atomic E-state index is 0.140. The smallest absolute Gasteiger partial charge is 0.303 e. The molecule has 29 heavy (non-hydrogen) atoms. The Hall–Kier alpha value is -1.89. The molecule has 2 aromatic carbocycles. The average Bonchev–Trinajstić information content (AvgIpc) is 2.67. The number of halogens is 1. The van der Waals surface area contributed by atoms with Crippen molar-refractivity contribution in [3.05, 3.63) is 64.7 Å². The summed E-state index contributed by atoms with van der Waals surface area (Å²) in [4.78, 5) is 10.8. The lowest BCUT2D eigenvalue weighted by molar-refractivity contribution is -0.137. The maximum Gasteiger partial charge on any atom is 0.303 e. The number of aliphatic carboxylic acids is 1. The quantitative estimate of drug-likeness (QED) is 0.438. The lowest BCUT2D eigenvalue weighted by Gasteiger charge is -2.20. The molecule has 0 aliphatic rings. The van der Waals surface area contributed by atoms with E-state index in [0.29, 0.717) is 24.3 Å². The van der Waals surface area contributed by atoms with Gasteiger partial charge in [0.25, 0.3) is 0 Å². The number of aryl methyl sites for hydroxylation is 1. The summed E-state index contributed by atoms with van der Waals surface area (Å²) in [5.74, 6) is -0.798. The second kappa shape index (κ2) is 11.3. The van der Waals surface area contributed by atoms with Gasteiger partial charge in [0.05, 0.1) is 4.90 Å². The molecule has 2 aromatic rings. The van der Waals surface area contributed by atoms with Gasteiger partial charge < -0.3 is 5.11 Å². The number of unbranched alkanes of at least 4 members (excludes halogenated alkanes) is 2. The Balaban J connectivity index is 2.15. The van der Waals surface area contributed by atoms with Gasteiger partial charge in [-0.05, 0) is 48.6 Å². The van der Waals surface area contributed by atoms with Crippen LogP contribution in [0.1, 0.15) is 62.6 Å². The van der Waals surface area contributed by atoms with Gasteiger partial charge in [-0.15, -0.1) is 0 Å². The summed E-state index contributed by atoms with van der Waals surface area (Å²) in [6.07, 6.45) is 5.10. The number of hydrogen-bond acceptors (Lipinski definition) is 3. The lowest BCUT2D eigenvalue weighted by atomic mass is 9.99. The van der Waals surface area contributed by atoms with Crippen molar-refractivity contribution in [2.45, 2.75) is 62.8 Å². The van der Waals surface area contributed by atoms with Crippen molar-refractivity contribution in [1.29, 1.82) is 0 Å². The van der Waals surface area contributed by atoms with E-state index in [1.54, 1.807) is 12.1 Å². The summed E-state index contributed by atoms with van der Waals surface area (Å²) in [6.45, 7) is 2.11. The Labute approximate surface area is 178 Å². The summed E-state index contributed by atoms with van der Waals surface area (Å²) >= 11 is 5.96.